The van der Waals surface area contributed by atoms with Gasteiger partial charge in [0.25, 0.3) is 0 Å². The first-order valence-corrected chi connectivity index (χ1v) is 10.9. The maximum absolute atomic E-state index is 13.5. The van der Waals surface area contributed by atoms with E-state index in [-0.39, 0.29) is 11.8 Å². The molecular formula is C17H18F6O3S2. The first-order chi connectivity index (χ1) is 12.6. The standard InChI is InChI=1S/C16H18F3S.CHF3O3S/c1-10(2)12-6-7-13-9-14(11-4-3-5-11)20(15(13)8-12)16(17,18)19;2-1(3,4)8(5,6)7/h6-11H,3-5H2,1-2H3;(H,5,6,7)/q+1;/p-1. The van der Waals surface area contributed by atoms with E-state index in [1.807, 2.05) is 26.0 Å². The van der Waals surface area contributed by atoms with E-state index in [9.17, 15) is 26.3 Å². The van der Waals surface area contributed by atoms with Crippen LogP contribution >= 0.6 is 10.5 Å². The summed E-state index contributed by atoms with van der Waals surface area (Å²) in [5.41, 5.74) is -8.80. The minimum absolute atomic E-state index is 0.148. The van der Waals surface area contributed by atoms with Crippen molar-refractivity contribution in [3.05, 3.63) is 34.7 Å². The SMILES string of the molecule is CC(C)c1ccc2cc(C3CCC3)[s+](C(F)(F)F)c2c1.O=S(=O)([O-])C(F)(F)F. The van der Waals surface area contributed by atoms with E-state index in [1.54, 1.807) is 12.1 Å². The molecule has 1 fully saturated rings. The third-order valence-electron chi connectivity index (χ3n) is 4.48. The Hall–Kier alpha value is -1.33. The Morgan fingerprint density at radius 3 is 1.96 bits per heavy atom. The number of hydrogen-bond acceptors (Lipinski definition) is 3. The summed E-state index contributed by atoms with van der Waals surface area (Å²) in [4.78, 5) is 0.625. The lowest BCUT2D eigenvalue weighted by atomic mass is 9.84. The summed E-state index contributed by atoms with van der Waals surface area (Å²) >= 11 is 0. The fraction of sp³-hybridized carbons (Fsp3) is 0.529. The Morgan fingerprint density at radius 1 is 1.07 bits per heavy atom. The van der Waals surface area contributed by atoms with Crippen LogP contribution in [0.1, 0.15) is 55.4 Å². The summed E-state index contributed by atoms with van der Waals surface area (Å²) in [6, 6.07) is 7.41. The van der Waals surface area contributed by atoms with Crippen LogP contribution in [0, 0.1) is 0 Å². The Balaban J connectivity index is 0.000000300. The summed E-state index contributed by atoms with van der Waals surface area (Å²) in [6.07, 6.45) is 2.89. The number of alkyl halides is 6. The molecule has 1 aliphatic rings. The van der Waals surface area contributed by atoms with E-state index in [0.29, 0.717) is 9.58 Å². The van der Waals surface area contributed by atoms with E-state index >= 15 is 0 Å². The predicted octanol–water partition coefficient (Wildman–Crippen LogP) is 6.51. The van der Waals surface area contributed by atoms with E-state index in [0.717, 1.165) is 30.2 Å². The van der Waals surface area contributed by atoms with Gasteiger partial charge >= 0.3 is 11.0 Å². The molecule has 1 aromatic carbocycles. The van der Waals surface area contributed by atoms with Crippen molar-refractivity contribution in [1.82, 2.24) is 0 Å². The Kier molecular flexibility index (Phi) is 6.42. The van der Waals surface area contributed by atoms with Crippen LogP contribution in [0.4, 0.5) is 26.3 Å². The monoisotopic (exact) mass is 448 g/mol. The highest BCUT2D eigenvalue weighted by Crippen LogP contribution is 2.56. The lowest BCUT2D eigenvalue weighted by Crippen LogP contribution is -2.21. The fourth-order valence-electron chi connectivity index (χ4n) is 2.78. The minimum Gasteiger partial charge on any atom is -0.741 e. The van der Waals surface area contributed by atoms with Gasteiger partial charge in [-0.25, -0.2) is 8.42 Å². The molecule has 1 aliphatic carbocycles. The van der Waals surface area contributed by atoms with Crippen molar-refractivity contribution in [3.8, 4) is 0 Å². The van der Waals surface area contributed by atoms with Crippen LogP contribution in [0.3, 0.4) is 0 Å². The average molecular weight is 448 g/mol. The average Bonchev–Trinajstić information content (AvgIpc) is 2.81. The van der Waals surface area contributed by atoms with Gasteiger partial charge in [-0.05, 0) is 30.4 Å². The molecule has 158 valence electrons. The second-order valence-corrected chi connectivity index (χ2v) is 10.1. The number of hydrogen-bond donors (Lipinski definition) is 0. The molecule has 1 heterocycles. The lowest BCUT2D eigenvalue weighted by Gasteiger charge is -2.21. The smallest absolute Gasteiger partial charge is 0.600 e. The summed E-state index contributed by atoms with van der Waals surface area (Å²) in [7, 11) is -7.79. The van der Waals surface area contributed by atoms with Gasteiger partial charge in [-0.3, -0.25) is 0 Å². The zero-order valence-corrected chi connectivity index (χ0v) is 16.5. The number of fused-ring (bicyclic) bond motifs is 1. The molecule has 0 aliphatic heterocycles. The molecule has 1 aromatic heterocycles. The maximum Gasteiger partial charge on any atom is 0.600 e. The zero-order valence-electron chi connectivity index (χ0n) is 14.9. The molecule has 3 nitrogen and oxygen atoms in total. The molecule has 0 radical (unpaired) electrons. The molecule has 0 N–H and O–H groups in total. The van der Waals surface area contributed by atoms with Crippen LogP contribution < -0.4 is 0 Å². The fourth-order valence-corrected chi connectivity index (χ4v) is 4.98. The van der Waals surface area contributed by atoms with Gasteiger partial charge in [0.2, 0.25) is 0 Å². The van der Waals surface area contributed by atoms with E-state index in [2.05, 4.69) is 0 Å². The molecule has 2 aromatic rings. The summed E-state index contributed by atoms with van der Waals surface area (Å²) < 4.78 is 99.9. The Bertz CT molecular complexity index is 938. The molecule has 0 saturated heterocycles. The lowest BCUT2D eigenvalue weighted by molar-refractivity contribution is -0.0868. The van der Waals surface area contributed by atoms with Gasteiger partial charge in [-0.2, -0.15) is 13.2 Å². The summed E-state index contributed by atoms with van der Waals surface area (Å²) in [5.74, 6) is 0.404. The molecule has 3 rings (SSSR count). The number of halogens is 6. The van der Waals surface area contributed by atoms with Crippen molar-refractivity contribution in [2.75, 3.05) is 0 Å². The van der Waals surface area contributed by atoms with Crippen molar-refractivity contribution in [1.29, 1.82) is 0 Å². The van der Waals surface area contributed by atoms with Crippen molar-refractivity contribution in [3.63, 3.8) is 0 Å². The van der Waals surface area contributed by atoms with E-state index in [4.69, 9.17) is 13.0 Å². The maximum atomic E-state index is 13.5. The van der Waals surface area contributed by atoms with Gasteiger partial charge in [-0.1, -0.05) is 26.3 Å². The predicted molar refractivity (Wildman–Crippen MR) is 94.2 cm³/mol. The van der Waals surface area contributed by atoms with Crippen molar-refractivity contribution < 1.29 is 39.3 Å². The number of benzene rings is 1. The molecule has 11 heteroatoms. The summed E-state index contributed by atoms with van der Waals surface area (Å²) in [5, 5.41) is 0.775. The minimum atomic E-state index is -6.09. The highest BCUT2D eigenvalue weighted by molar-refractivity contribution is 7.86. The van der Waals surface area contributed by atoms with Gasteiger partial charge in [0.15, 0.2) is 19.7 Å². The second-order valence-electron chi connectivity index (χ2n) is 6.78. The van der Waals surface area contributed by atoms with Crippen molar-refractivity contribution in [2.45, 2.75) is 56.0 Å². The second kappa shape index (κ2) is 7.83. The molecule has 1 saturated carbocycles. The Labute approximate surface area is 161 Å². The zero-order chi connectivity index (χ0) is 21.5. The molecule has 0 amide bonds. The normalized spacial score (nSPS) is 16.7. The summed E-state index contributed by atoms with van der Waals surface area (Å²) in [6.45, 7) is 4.03. The topological polar surface area (TPSA) is 57.2 Å². The van der Waals surface area contributed by atoms with Crippen LogP contribution in [-0.2, 0) is 15.6 Å². The molecule has 1 atom stereocenters. The third kappa shape index (κ3) is 4.98. The molecule has 0 bridgehead atoms. The van der Waals surface area contributed by atoms with Crippen LogP contribution in [0.15, 0.2) is 24.3 Å². The first kappa shape index (κ1) is 23.0. The number of rotatable bonds is 2. The third-order valence-corrected chi connectivity index (χ3v) is 7.23. The van der Waals surface area contributed by atoms with Crippen molar-refractivity contribution >= 4 is 30.7 Å². The van der Waals surface area contributed by atoms with Crippen LogP contribution in [-0.4, -0.2) is 18.5 Å². The van der Waals surface area contributed by atoms with E-state index in [1.165, 1.54) is 0 Å². The van der Waals surface area contributed by atoms with Crippen LogP contribution in [0.5, 0.6) is 0 Å². The molecule has 0 spiro atoms. The molecule has 28 heavy (non-hydrogen) atoms. The van der Waals surface area contributed by atoms with Gasteiger partial charge in [0.1, 0.15) is 0 Å². The quantitative estimate of drug-likeness (QED) is 0.228. The highest BCUT2D eigenvalue weighted by atomic mass is 32.2. The van der Waals surface area contributed by atoms with Gasteiger partial charge in [0.05, 0.1) is 10.5 Å². The Morgan fingerprint density at radius 2 is 1.61 bits per heavy atom. The first-order valence-electron chi connectivity index (χ1n) is 8.31. The van der Waals surface area contributed by atoms with Crippen molar-refractivity contribution in [2.24, 2.45) is 0 Å². The van der Waals surface area contributed by atoms with Crippen LogP contribution in [0.25, 0.3) is 10.1 Å². The van der Waals surface area contributed by atoms with Crippen LogP contribution in [0.2, 0.25) is 0 Å². The van der Waals surface area contributed by atoms with Gasteiger partial charge < -0.3 is 4.55 Å². The largest absolute Gasteiger partial charge is 0.741 e. The molecule has 1 unspecified atom stereocenters. The van der Waals surface area contributed by atoms with Gasteiger partial charge in [-0.15, -0.1) is 13.2 Å². The van der Waals surface area contributed by atoms with Gasteiger partial charge in [0, 0.05) is 23.4 Å². The van der Waals surface area contributed by atoms with E-state index < -0.39 is 31.6 Å². The molecular weight excluding hydrogens is 430 g/mol. The number of thiophene rings is 1. The highest BCUT2D eigenvalue weighted by Gasteiger charge is 2.50.